The Kier molecular flexibility index (Phi) is 58.7. The Balaban J connectivity index is -0.0000000293. The van der Waals surface area contributed by atoms with E-state index in [0.717, 1.165) is 6.42 Å². The molecule has 0 nitrogen and oxygen atoms in total. The van der Waals surface area contributed by atoms with Crippen molar-refractivity contribution in [1.29, 1.82) is 0 Å². The van der Waals surface area contributed by atoms with E-state index in [1.54, 1.807) is 0 Å². The average molecular weight is 533 g/mol. The molecule has 0 aromatic carbocycles. The standard InChI is InChI=1S/C5H5.4C4H9.2Sn.H2/c1-2-4-5-3-1;4*1-4(2)3;;;/h1-3H,4H2;4*1-3H3;;;1H. The van der Waals surface area contributed by atoms with Crippen LogP contribution in [0.2, 0.25) is 0 Å². The van der Waals surface area contributed by atoms with Crippen molar-refractivity contribution in [2.24, 2.45) is 0 Å². The normalized spacial score (nSPS) is 10.1. The van der Waals surface area contributed by atoms with Gasteiger partial charge in [0.25, 0.3) is 0 Å². The zero-order chi connectivity index (χ0) is 17.8. The van der Waals surface area contributed by atoms with Crippen molar-refractivity contribution in [1.82, 2.24) is 0 Å². The van der Waals surface area contributed by atoms with Crippen LogP contribution in [0.5, 0.6) is 0 Å². The fourth-order valence-electron chi connectivity index (χ4n) is 0.340. The Bertz CT molecular complexity index is 163. The molecule has 2 heteroatoms. The van der Waals surface area contributed by atoms with Gasteiger partial charge in [-0.15, -0.1) is 0 Å². The third-order valence-corrected chi connectivity index (χ3v) is 0.586. The van der Waals surface area contributed by atoms with E-state index in [-0.39, 0.29) is 49.2 Å². The van der Waals surface area contributed by atoms with Crippen molar-refractivity contribution < 1.29 is 1.43 Å². The third kappa shape index (κ3) is 278. The predicted octanol–water partition coefficient (Wildman–Crippen LogP) is 7.27. The van der Waals surface area contributed by atoms with Crippen molar-refractivity contribution in [2.75, 3.05) is 0 Å². The van der Waals surface area contributed by atoms with Crippen LogP contribution in [0, 0.1) is 29.7 Å². The molecule has 0 heterocycles. The van der Waals surface area contributed by atoms with E-state index in [1.165, 1.54) is 23.7 Å². The van der Waals surface area contributed by atoms with Crippen LogP contribution in [-0.4, -0.2) is 47.8 Å². The molecule has 0 saturated carbocycles. The number of hydrogen-bond acceptors (Lipinski definition) is 0. The molecule has 0 N–H and O–H groups in total. The van der Waals surface area contributed by atoms with E-state index in [0.29, 0.717) is 0 Å². The summed E-state index contributed by atoms with van der Waals surface area (Å²) in [5, 5.41) is 0. The molecule has 0 spiro atoms. The summed E-state index contributed by atoms with van der Waals surface area (Å²) in [6.45, 7) is 25.0. The molecule has 0 aliphatic heterocycles. The second kappa shape index (κ2) is 34.4. The van der Waals surface area contributed by atoms with Gasteiger partial charge in [-0.1, -0.05) is 101 Å². The topological polar surface area (TPSA) is 0 Å². The molecule has 1 rings (SSSR count). The second-order valence-electron chi connectivity index (χ2n) is 7.00. The van der Waals surface area contributed by atoms with E-state index < -0.39 is 0 Å². The van der Waals surface area contributed by atoms with Gasteiger partial charge in [-0.05, 0) is 36.2 Å². The predicted molar refractivity (Wildman–Crippen MR) is 116 cm³/mol. The maximum atomic E-state index is 2.99. The largest absolute Gasteiger partial charge is 0.0801 e. The molecule has 135 valence electrons. The summed E-state index contributed by atoms with van der Waals surface area (Å²) in [5.74, 6) is 5.67. The van der Waals surface area contributed by atoms with Gasteiger partial charge in [-0.2, -0.15) is 0 Å². The molecule has 0 atom stereocenters. The SMILES string of the molecule is C[C](C)C.C[C](C)C.C[C](C)C.C[C](C)C.[C]1=CC=CC1.[HH].[Sn].[Sn]. The monoisotopic (exact) mass is 535 g/mol. The van der Waals surface area contributed by atoms with Gasteiger partial charge in [0.15, 0.2) is 0 Å². The molecule has 1 aliphatic carbocycles. The van der Waals surface area contributed by atoms with Crippen LogP contribution < -0.4 is 0 Å². The maximum absolute atomic E-state index is 2.99. The van der Waals surface area contributed by atoms with Crippen molar-refractivity contribution in [3.63, 3.8) is 0 Å². The number of allylic oxidation sites excluding steroid dienone is 4. The summed E-state index contributed by atoms with van der Waals surface area (Å²) < 4.78 is 0. The van der Waals surface area contributed by atoms with Crippen molar-refractivity contribution in [2.45, 2.75) is 89.5 Å². The Hall–Kier alpha value is 1.08. The molecule has 13 radical (unpaired) electrons. The number of rotatable bonds is 0. The van der Waals surface area contributed by atoms with Gasteiger partial charge in [0.1, 0.15) is 0 Å². The van der Waals surface area contributed by atoms with Crippen molar-refractivity contribution in [3.05, 3.63) is 48.0 Å². The van der Waals surface area contributed by atoms with Gasteiger partial charge < -0.3 is 0 Å². The Labute approximate surface area is 185 Å². The van der Waals surface area contributed by atoms with Crippen LogP contribution >= 0.6 is 0 Å². The quantitative estimate of drug-likeness (QED) is 0.288. The Morgan fingerprint density at radius 2 is 0.826 bits per heavy atom. The number of hydrogen-bond donors (Lipinski definition) is 0. The first-order valence-electron chi connectivity index (χ1n) is 7.72. The van der Waals surface area contributed by atoms with Crippen LogP contribution in [0.4, 0.5) is 0 Å². The van der Waals surface area contributed by atoms with E-state index in [4.69, 9.17) is 0 Å². The van der Waals surface area contributed by atoms with E-state index in [1.807, 2.05) is 12.2 Å². The first kappa shape index (κ1) is 39.2. The minimum Gasteiger partial charge on any atom is -0.0801 e. The molecule has 0 unspecified atom stereocenters. The molecular weight excluding hydrogens is 490 g/mol. The molecule has 0 saturated heterocycles. The molecule has 0 bridgehead atoms. The van der Waals surface area contributed by atoms with Crippen LogP contribution in [0.15, 0.2) is 18.2 Å². The summed E-state index contributed by atoms with van der Waals surface area (Å²) in [4.78, 5) is 0. The van der Waals surface area contributed by atoms with E-state index in [2.05, 4.69) is 95.2 Å². The zero-order valence-corrected chi connectivity index (χ0v) is 23.6. The van der Waals surface area contributed by atoms with Crippen LogP contribution in [0.3, 0.4) is 0 Å². The molecule has 0 fully saturated rings. The van der Waals surface area contributed by atoms with E-state index >= 15 is 0 Å². The van der Waals surface area contributed by atoms with Crippen LogP contribution in [0.25, 0.3) is 0 Å². The molecule has 1 aliphatic rings. The van der Waals surface area contributed by atoms with Gasteiger partial charge in [0.05, 0.1) is 0 Å². The summed E-state index contributed by atoms with van der Waals surface area (Å²) in [6.07, 6.45) is 10.0. The maximum Gasteiger partial charge on any atom is 0 e. The van der Waals surface area contributed by atoms with Crippen LogP contribution in [-0.2, 0) is 0 Å². The minimum atomic E-state index is 0. The average Bonchev–Trinajstić information content (AvgIpc) is 2.68. The molecule has 23 heavy (non-hydrogen) atoms. The van der Waals surface area contributed by atoms with Gasteiger partial charge in [-0.3, -0.25) is 0 Å². The summed E-state index contributed by atoms with van der Waals surface area (Å²) >= 11 is 0. The Morgan fingerprint density at radius 3 is 0.870 bits per heavy atom. The van der Waals surface area contributed by atoms with Crippen molar-refractivity contribution >= 4 is 47.8 Å². The van der Waals surface area contributed by atoms with Crippen LogP contribution in [0.1, 0.15) is 90.9 Å². The fraction of sp³-hybridized carbons (Fsp3) is 0.619. The third-order valence-electron chi connectivity index (χ3n) is 0.586. The molecule has 0 aromatic rings. The van der Waals surface area contributed by atoms with Gasteiger partial charge in [-0.25, -0.2) is 0 Å². The summed E-state index contributed by atoms with van der Waals surface area (Å²) in [7, 11) is 0. The summed E-state index contributed by atoms with van der Waals surface area (Å²) in [6, 6.07) is 0. The molecule has 0 amide bonds. The molecular formula is C21H43Sn2. The van der Waals surface area contributed by atoms with E-state index in [9.17, 15) is 0 Å². The van der Waals surface area contributed by atoms with Crippen molar-refractivity contribution in [3.8, 4) is 0 Å². The minimum absolute atomic E-state index is 0. The zero-order valence-electron chi connectivity index (χ0n) is 17.9. The molecule has 0 aromatic heterocycles. The first-order chi connectivity index (χ1) is 9.43. The first-order valence-corrected chi connectivity index (χ1v) is 7.72. The van der Waals surface area contributed by atoms with Gasteiger partial charge in [0, 0.05) is 49.2 Å². The summed E-state index contributed by atoms with van der Waals surface area (Å²) in [5.41, 5.74) is 0. The Morgan fingerprint density at radius 1 is 0.609 bits per heavy atom. The van der Waals surface area contributed by atoms with Gasteiger partial charge >= 0.3 is 0 Å². The second-order valence-corrected chi connectivity index (χ2v) is 7.00. The smallest absolute Gasteiger partial charge is 0 e. The fourth-order valence-corrected chi connectivity index (χ4v) is 0.340. The van der Waals surface area contributed by atoms with Gasteiger partial charge in [0.2, 0.25) is 0 Å².